The molecule has 1 aromatic carbocycles. The van der Waals surface area contributed by atoms with Gasteiger partial charge in [0.15, 0.2) is 0 Å². The van der Waals surface area contributed by atoms with Crippen LogP contribution in [0.3, 0.4) is 0 Å². The van der Waals surface area contributed by atoms with Crippen LogP contribution in [0.1, 0.15) is 30.9 Å². The molecule has 2 nitrogen and oxygen atoms in total. The van der Waals surface area contributed by atoms with E-state index >= 15 is 0 Å². The molecule has 0 aromatic heterocycles. The lowest BCUT2D eigenvalue weighted by atomic mass is 10.0. The van der Waals surface area contributed by atoms with Gasteiger partial charge in [0.25, 0.3) is 0 Å². The zero-order chi connectivity index (χ0) is 10.7. The van der Waals surface area contributed by atoms with Crippen molar-refractivity contribution in [1.29, 1.82) is 0 Å². The summed E-state index contributed by atoms with van der Waals surface area (Å²) < 4.78 is 10.9. The largest absolute Gasteiger partial charge is 0.496 e. The van der Waals surface area contributed by atoms with E-state index in [0.29, 0.717) is 0 Å². The van der Waals surface area contributed by atoms with Gasteiger partial charge in [0.1, 0.15) is 5.75 Å². The number of methoxy groups -OCH3 is 2. The van der Waals surface area contributed by atoms with Gasteiger partial charge in [-0.25, -0.2) is 0 Å². The van der Waals surface area contributed by atoms with Gasteiger partial charge in [-0.3, -0.25) is 0 Å². The first kappa shape index (κ1) is 10.5. The van der Waals surface area contributed by atoms with Crippen LogP contribution in [-0.4, -0.2) is 14.2 Å². The first-order valence-electron chi connectivity index (χ1n) is 5.51. The van der Waals surface area contributed by atoms with Gasteiger partial charge >= 0.3 is 0 Å². The summed E-state index contributed by atoms with van der Waals surface area (Å²) in [6.45, 7) is 0. The molecule has 2 rings (SSSR count). The SMILES string of the molecule is COc1ccccc1C(CC1CC1)OC. The average Bonchev–Trinajstić information content (AvgIpc) is 3.10. The maximum absolute atomic E-state index is 5.55. The molecule has 0 heterocycles. The molecular weight excluding hydrogens is 188 g/mol. The van der Waals surface area contributed by atoms with Crippen LogP contribution in [-0.2, 0) is 4.74 Å². The number of ether oxygens (including phenoxy) is 2. The van der Waals surface area contributed by atoms with E-state index in [1.54, 1.807) is 14.2 Å². The van der Waals surface area contributed by atoms with Crippen LogP contribution in [0.2, 0.25) is 0 Å². The zero-order valence-electron chi connectivity index (χ0n) is 9.40. The highest BCUT2D eigenvalue weighted by Crippen LogP contribution is 2.40. The molecule has 82 valence electrons. The highest BCUT2D eigenvalue weighted by atomic mass is 16.5. The number of rotatable bonds is 5. The van der Waals surface area contributed by atoms with Crippen LogP contribution in [0.25, 0.3) is 0 Å². The van der Waals surface area contributed by atoms with Crippen LogP contribution in [0.5, 0.6) is 5.75 Å². The molecular formula is C13H18O2. The summed E-state index contributed by atoms with van der Waals surface area (Å²) in [4.78, 5) is 0. The van der Waals surface area contributed by atoms with E-state index < -0.39 is 0 Å². The fourth-order valence-electron chi connectivity index (χ4n) is 1.94. The lowest BCUT2D eigenvalue weighted by Gasteiger charge is -2.18. The Labute approximate surface area is 91.2 Å². The number of hydrogen-bond acceptors (Lipinski definition) is 2. The topological polar surface area (TPSA) is 18.5 Å². The molecule has 0 saturated heterocycles. The Bertz CT molecular complexity index is 318. The second kappa shape index (κ2) is 4.67. The van der Waals surface area contributed by atoms with E-state index in [1.807, 2.05) is 18.2 Å². The van der Waals surface area contributed by atoms with E-state index in [0.717, 1.165) is 18.1 Å². The third-order valence-electron chi connectivity index (χ3n) is 3.01. The Morgan fingerprint density at radius 2 is 2.00 bits per heavy atom. The van der Waals surface area contributed by atoms with Gasteiger partial charge in [0, 0.05) is 12.7 Å². The maximum atomic E-state index is 5.55. The molecule has 2 heteroatoms. The van der Waals surface area contributed by atoms with Crippen molar-refractivity contribution in [3.05, 3.63) is 29.8 Å². The van der Waals surface area contributed by atoms with Crippen molar-refractivity contribution in [3.8, 4) is 5.75 Å². The highest BCUT2D eigenvalue weighted by Gasteiger charge is 2.27. The third-order valence-corrected chi connectivity index (χ3v) is 3.01. The standard InChI is InChI=1S/C13H18O2/c1-14-12-6-4-3-5-11(12)13(15-2)9-10-7-8-10/h3-6,10,13H,7-9H2,1-2H3. The van der Waals surface area contributed by atoms with E-state index in [9.17, 15) is 0 Å². The number of hydrogen-bond donors (Lipinski definition) is 0. The smallest absolute Gasteiger partial charge is 0.124 e. The van der Waals surface area contributed by atoms with Crippen molar-refractivity contribution in [2.75, 3.05) is 14.2 Å². The van der Waals surface area contributed by atoms with Crippen molar-refractivity contribution in [1.82, 2.24) is 0 Å². The van der Waals surface area contributed by atoms with Crippen molar-refractivity contribution in [2.24, 2.45) is 5.92 Å². The lowest BCUT2D eigenvalue weighted by molar-refractivity contribution is 0.0884. The first-order chi connectivity index (χ1) is 7.35. The summed E-state index contributed by atoms with van der Waals surface area (Å²) in [7, 11) is 3.49. The molecule has 0 spiro atoms. The molecule has 0 aliphatic heterocycles. The quantitative estimate of drug-likeness (QED) is 0.736. The highest BCUT2D eigenvalue weighted by molar-refractivity contribution is 5.35. The predicted octanol–water partition coefficient (Wildman–Crippen LogP) is 3.18. The average molecular weight is 206 g/mol. The third kappa shape index (κ3) is 2.51. The van der Waals surface area contributed by atoms with Crippen molar-refractivity contribution in [3.63, 3.8) is 0 Å². The van der Waals surface area contributed by atoms with Crippen LogP contribution in [0.15, 0.2) is 24.3 Å². The van der Waals surface area contributed by atoms with E-state index in [1.165, 1.54) is 18.4 Å². The van der Waals surface area contributed by atoms with Gasteiger partial charge in [0.05, 0.1) is 13.2 Å². The second-order valence-electron chi connectivity index (χ2n) is 4.15. The Kier molecular flexibility index (Phi) is 3.27. The molecule has 1 saturated carbocycles. The zero-order valence-corrected chi connectivity index (χ0v) is 9.40. The monoisotopic (exact) mass is 206 g/mol. The van der Waals surface area contributed by atoms with Crippen molar-refractivity contribution < 1.29 is 9.47 Å². The fourth-order valence-corrected chi connectivity index (χ4v) is 1.94. The molecule has 1 aromatic rings. The van der Waals surface area contributed by atoms with Crippen molar-refractivity contribution >= 4 is 0 Å². The molecule has 1 atom stereocenters. The summed E-state index contributed by atoms with van der Waals surface area (Å²) >= 11 is 0. The molecule has 1 aliphatic carbocycles. The molecule has 15 heavy (non-hydrogen) atoms. The summed E-state index contributed by atoms with van der Waals surface area (Å²) in [5.41, 5.74) is 1.18. The number of para-hydroxylation sites is 1. The molecule has 0 amide bonds. The van der Waals surface area contributed by atoms with Gasteiger partial charge in [-0.2, -0.15) is 0 Å². The Morgan fingerprint density at radius 1 is 1.27 bits per heavy atom. The summed E-state index contributed by atoms with van der Waals surface area (Å²) in [5.74, 6) is 1.80. The van der Waals surface area contributed by atoms with E-state index in [-0.39, 0.29) is 6.10 Å². The van der Waals surface area contributed by atoms with E-state index in [4.69, 9.17) is 9.47 Å². The predicted molar refractivity (Wildman–Crippen MR) is 60.1 cm³/mol. The normalized spacial score (nSPS) is 17.5. The first-order valence-corrected chi connectivity index (χ1v) is 5.51. The van der Waals surface area contributed by atoms with Crippen LogP contribution < -0.4 is 4.74 Å². The summed E-state index contributed by atoms with van der Waals surface area (Å²) in [5, 5.41) is 0. The van der Waals surface area contributed by atoms with Gasteiger partial charge in [0.2, 0.25) is 0 Å². The maximum Gasteiger partial charge on any atom is 0.124 e. The van der Waals surface area contributed by atoms with E-state index in [2.05, 4.69) is 6.07 Å². The minimum atomic E-state index is 0.189. The second-order valence-corrected chi connectivity index (χ2v) is 4.15. The molecule has 1 aliphatic rings. The molecule has 0 radical (unpaired) electrons. The van der Waals surface area contributed by atoms with Gasteiger partial charge in [-0.1, -0.05) is 31.0 Å². The van der Waals surface area contributed by atoms with Crippen LogP contribution in [0, 0.1) is 5.92 Å². The molecule has 1 unspecified atom stereocenters. The van der Waals surface area contributed by atoms with Crippen LogP contribution >= 0.6 is 0 Å². The van der Waals surface area contributed by atoms with Crippen LogP contribution in [0.4, 0.5) is 0 Å². The minimum Gasteiger partial charge on any atom is -0.496 e. The summed E-state index contributed by atoms with van der Waals surface area (Å²) in [6.07, 6.45) is 4.02. The molecule has 0 bridgehead atoms. The van der Waals surface area contributed by atoms with Gasteiger partial charge in [-0.15, -0.1) is 0 Å². The summed E-state index contributed by atoms with van der Waals surface area (Å²) in [6, 6.07) is 8.12. The Morgan fingerprint density at radius 3 is 2.60 bits per heavy atom. The molecule has 0 N–H and O–H groups in total. The van der Waals surface area contributed by atoms with Crippen molar-refractivity contribution in [2.45, 2.75) is 25.4 Å². The lowest BCUT2D eigenvalue weighted by Crippen LogP contribution is -2.04. The minimum absolute atomic E-state index is 0.189. The Hall–Kier alpha value is -1.02. The van der Waals surface area contributed by atoms with Gasteiger partial charge in [-0.05, 0) is 18.4 Å². The fraction of sp³-hybridized carbons (Fsp3) is 0.538. The van der Waals surface area contributed by atoms with Gasteiger partial charge < -0.3 is 9.47 Å². The Balaban J connectivity index is 2.15. The number of benzene rings is 1. The molecule has 1 fully saturated rings.